The molecular weight excluding hydrogens is 259 g/mol. The van der Waals surface area contributed by atoms with Gasteiger partial charge in [0.1, 0.15) is 11.4 Å². The van der Waals surface area contributed by atoms with Gasteiger partial charge in [0.25, 0.3) is 0 Å². The summed E-state index contributed by atoms with van der Waals surface area (Å²) in [5.74, 6) is -0.363. The molecule has 1 aromatic rings. The summed E-state index contributed by atoms with van der Waals surface area (Å²) in [6.07, 6.45) is -4.07. The fourth-order valence-electron chi connectivity index (χ4n) is 1.34. The van der Waals surface area contributed by atoms with Crippen LogP contribution < -0.4 is 5.32 Å². The minimum absolute atomic E-state index is 0.143. The molecule has 3 N–H and O–H groups in total. The number of rotatable bonds is 3. The molecule has 0 unspecified atom stereocenters. The molecule has 0 radical (unpaired) electrons. The van der Waals surface area contributed by atoms with Gasteiger partial charge in [0.2, 0.25) is 0 Å². The maximum Gasteiger partial charge on any atom is 0.430 e. The number of allylic oxidation sites excluding steroid dienone is 2. The van der Waals surface area contributed by atoms with Crippen LogP contribution in [0.3, 0.4) is 0 Å². The largest absolute Gasteiger partial charge is 0.507 e. The number of halogens is 3. The van der Waals surface area contributed by atoms with E-state index in [2.05, 4.69) is 0 Å². The second-order valence-electron chi connectivity index (χ2n) is 3.56. The Bertz CT molecular complexity index is 571. The maximum atomic E-state index is 12.5. The monoisotopic (exact) mass is 269 g/mol. The Morgan fingerprint density at radius 1 is 1.47 bits per heavy atom. The minimum Gasteiger partial charge on any atom is -0.507 e. The van der Waals surface area contributed by atoms with Gasteiger partial charge in [-0.25, -0.2) is 0 Å². The van der Waals surface area contributed by atoms with Gasteiger partial charge in [-0.05, 0) is 24.3 Å². The van der Waals surface area contributed by atoms with Crippen molar-refractivity contribution in [2.45, 2.75) is 6.18 Å². The van der Waals surface area contributed by atoms with Gasteiger partial charge in [0.05, 0.1) is 17.3 Å². The fraction of sp³-hybridized carbons (Fsp3) is 0.167. The van der Waals surface area contributed by atoms with Gasteiger partial charge < -0.3 is 15.8 Å². The number of hydrogen-bond acceptors (Lipinski definition) is 4. The summed E-state index contributed by atoms with van der Waals surface area (Å²) >= 11 is 0. The minimum atomic E-state index is -4.62. The lowest BCUT2D eigenvalue weighted by Crippen LogP contribution is -2.24. The molecule has 0 aliphatic carbocycles. The lowest BCUT2D eigenvalue weighted by atomic mass is 10.0. The lowest BCUT2D eigenvalue weighted by Gasteiger charge is -2.11. The number of nitrogens with zero attached hydrogens (tertiary/aromatic N) is 1. The molecule has 0 atom stereocenters. The number of aromatic hydroxyl groups is 1. The molecule has 0 aromatic heterocycles. The molecule has 0 spiro atoms. The molecule has 100 valence electrons. The zero-order valence-corrected chi connectivity index (χ0v) is 9.84. The van der Waals surface area contributed by atoms with Crippen LogP contribution in [-0.4, -0.2) is 24.0 Å². The summed E-state index contributed by atoms with van der Waals surface area (Å²) in [5, 5.41) is 27.7. The molecule has 7 heteroatoms. The molecule has 0 aliphatic rings. The molecule has 0 saturated carbocycles. The van der Waals surface area contributed by atoms with Crippen LogP contribution in [-0.2, 0) is 0 Å². The quantitative estimate of drug-likeness (QED) is 0.736. The molecule has 0 saturated heterocycles. The third-order valence-corrected chi connectivity index (χ3v) is 2.28. The van der Waals surface area contributed by atoms with Gasteiger partial charge >= 0.3 is 6.18 Å². The first-order valence-corrected chi connectivity index (χ1v) is 5.08. The molecule has 0 fully saturated rings. The summed E-state index contributed by atoms with van der Waals surface area (Å²) in [6.45, 7) is 0. The molecule has 1 rings (SSSR count). The Morgan fingerprint density at radius 2 is 2.11 bits per heavy atom. The van der Waals surface area contributed by atoms with Crippen LogP contribution in [0, 0.1) is 16.7 Å². The van der Waals surface area contributed by atoms with E-state index in [1.807, 2.05) is 5.32 Å². The first-order valence-electron chi connectivity index (χ1n) is 5.08. The van der Waals surface area contributed by atoms with Crippen molar-refractivity contribution in [2.24, 2.45) is 0 Å². The van der Waals surface area contributed by atoms with E-state index in [-0.39, 0.29) is 16.9 Å². The van der Waals surface area contributed by atoms with Crippen molar-refractivity contribution in [3.05, 3.63) is 41.1 Å². The van der Waals surface area contributed by atoms with Crippen molar-refractivity contribution in [1.29, 1.82) is 10.7 Å². The number of nitriles is 1. The van der Waals surface area contributed by atoms with E-state index in [9.17, 15) is 18.3 Å². The normalized spacial score (nSPS) is 11.8. The van der Waals surface area contributed by atoms with Crippen LogP contribution in [0.25, 0.3) is 0 Å². The highest BCUT2D eigenvalue weighted by Gasteiger charge is 2.33. The molecular formula is C12H10F3N3O. The zero-order valence-electron chi connectivity index (χ0n) is 9.84. The van der Waals surface area contributed by atoms with Crippen LogP contribution in [0.15, 0.2) is 30.0 Å². The number of alkyl halides is 3. The Labute approximate surface area is 107 Å². The highest BCUT2D eigenvalue weighted by Crippen LogP contribution is 2.25. The average Bonchev–Trinajstić information content (AvgIpc) is 2.34. The van der Waals surface area contributed by atoms with Crippen LogP contribution >= 0.6 is 0 Å². The van der Waals surface area contributed by atoms with Gasteiger partial charge in [0, 0.05) is 12.6 Å². The highest BCUT2D eigenvalue weighted by atomic mass is 19.4. The average molecular weight is 269 g/mol. The predicted molar refractivity (Wildman–Crippen MR) is 62.8 cm³/mol. The van der Waals surface area contributed by atoms with E-state index in [1.165, 1.54) is 6.07 Å². The first kappa shape index (κ1) is 14.6. The summed E-state index contributed by atoms with van der Waals surface area (Å²) in [6, 6.07) is 5.39. The van der Waals surface area contributed by atoms with E-state index in [4.69, 9.17) is 10.7 Å². The van der Waals surface area contributed by atoms with E-state index in [0.717, 1.165) is 19.2 Å². The highest BCUT2D eigenvalue weighted by molar-refractivity contribution is 6.08. The maximum absolute atomic E-state index is 12.5. The molecule has 19 heavy (non-hydrogen) atoms. The second-order valence-corrected chi connectivity index (χ2v) is 3.56. The van der Waals surface area contributed by atoms with Crippen molar-refractivity contribution in [3.63, 3.8) is 0 Å². The van der Waals surface area contributed by atoms with E-state index >= 15 is 0 Å². The fourth-order valence-corrected chi connectivity index (χ4v) is 1.34. The molecule has 0 heterocycles. The molecule has 0 amide bonds. The van der Waals surface area contributed by atoms with Gasteiger partial charge in [-0.3, -0.25) is 0 Å². The van der Waals surface area contributed by atoms with Crippen LogP contribution in [0.4, 0.5) is 13.2 Å². The Hall–Kier alpha value is -2.49. The number of nitrogens with one attached hydrogen (secondary N) is 2. The predicted octanol–water partition coefficient (Wildman–Crippen LogP) is 2.30. The Morgan fingerprint density at radius 3 is 2.58 bits per heavy atom. The van der Waals surface area contributed by atoms with Crippen molar-refractivity contribution >= 4 is 5.71 Å². The van der Waals surface area contributed by atoms with Crippen molar-refractivity contribution in [3.8, 4) is 11.8 Å². The van der Waals surface area contributed by atoms with Gasteiger partial charge in [-0.2, -0.15) is 18.4 Å². The van der Waals surface area contributed by atoms with Crippen LogP contribution in [0.1, 0.15) is 11.1 Å². The number of hydrogen-bond donors (Lipinski definition) is 3. The lowest BCUT2D eigenvalue weighted by molar-refractivity contribution is -0.0958. The van der Waals surface area contributed by atoms with E-state index in [1.54, 1.807) is 6.07 Å². The van der Waals surface area contributed by atoms with Crippen molar-refractivity contribution < 1.29 is 18.3 Å². The number of phenolic OH excluding ortho intramolecular Hbond substituents is 1. The van der Waals surface area contributed by atoms with E-state index < -0.39 is 17.6 Å². The van der Waals surface area contributed by atoms with Crippen molar-refractivity contribution in [1.82, 2.24) is 5.32 Å². The topological polar surface area (TPSA) is 79.9 Å². The van der Waals surface area contributed by atoms with Gasteiger partial charge in [0.15, 0.2) is 0 Å². The first-order chi connectivity index (χ1) is 8.79. The zero-order chi connectivity index (χ0) is 14.6. The molecule has 0 aliphatic heterocycles. The van der Waals surface area contributed by atoms with E-state index in [0.29, 0.717) is 6.08 Å². The van der Waals surface area contributed by atoms with Gasteiger partial charge in [-0.15, -0.1) is 0 Å². The number of benzene rings is 1. The summed E-state index contributed by atoms with van der Waals surface area (Å²) in [5.41, 5.74) is -1.66. The molecule has 0 bridgehead atoms. The number of phenols is 1. The molecule has 4 nitrogen and oxygen atoms in total. The van der Waals surface area contributed by atoms with Crippen LogP contribution in [0.2, 0.25) is 0 Å². The molecule has 1 aromatic carbocycles. The Balaban J connectivity index is 3.21. The second kappa shape index (κ2) is 5.44. The third-order valence-electron chi connectivity index (χ3n) is 2.28. The summed E-state index contributed by atoms with van der Waals surface area (Å²) in [4.78, 5) is 0. The van der Waals surface area contributed by atoms with Gasteiger partial charge in [-0.1, -0.05) is 0 Å². The standard InChI is InChI=1S/C12H10F3N3O/c1-18-11(12(13,14)15)5-9(17)8-4-7(6-16)2-3-10(8)19/h2-5,17-19H,1H3/b11-5-,17-9?. The summed E-state index contributed by atoms with van der Waals surface area (Å²) < 4.78 is 37.5. The van der Waals surface area contributed by atoms with Crippen LogP contribution in [0.5, 0.6) is 5.75 Å². The third kappa shape index (κ3) is 3.48. The summed E-state index contributed by atoms with van der Waals surface area (Å²) in [7, 11) is 1.08. The Kier molecular flexibility index (Phi) is 4.17. The SMILES string of the molecule is CN/C(=C\C(=N)c1cc(C#N)ccc1O)C(F)(F)F. The smallest absolute Gasteiger partial charge is 0.430 e. The van der Waals surface area contributed by atoms with Crippen molar-refractivity contribution in [2.75, 3.05) is 7.05 Å².